The molecule has 1 aliphatic heterocycles. The molecule has 2 rings (SSSR count). The van der Waals surface area contributed by atoms with Gasteiger partial charge in [-0.15, -0.1) is 0 Å². The summed E-state index contributed by atoms with van der Waals surface area (Å²) < 4.78 is 0. The third-order valence-electron chi connectivity index (χ3n) is 3.60. The van der Waals surface area contributed by atoms with Crippen LogP contribution in [-0.2, 0) is 9.59 Å². The summed E-state index contributed by atoms with van der Waals surface area (Å²) in [6, 6.07) is -0.705. The average molecular weight is 283 g/mol. The molecule has 0 aromatic rings. The van der Waals surface area contributed by atoms with Crippen LogP contribution in [0.25, 0.3) is 0 Å². The molecule has 0 radical (unpaired) electrons. The molecular weight excluding hydrogens is 262 g/mol. The molecule has 7 nitrogen and oxygen atoms in total. The van der Waals surface area contributed by atoms with Crippen LogP contribution in [0.2, 0.25) is 0 Å². The summed E-state index contributed by atoms with van der Waals surface area (Å²) in [4.78, 5) is 35.6. The van der Waals surface area contributed by atoms with Gasteiger partial charge in [0.2, 0.25) is 5.91 Å². The molecule has 0 bridgehead atoms. The van der Waals surface area contributed by atoms with Crippen LogP contribution in [0, 0.1) is 0 Å². The van der Waals surface area contributed by atoms with Crippen molar-refractivity contribution in [3.63, 3.8) is 0 Å². The Balaban J connectivity index is 1.61. The maximum Gasteiger partial charge on any atom is 0.326 e. The molecule has 0 aromatic heterocycles. The molecule has 2 fully saturated rings. The minimum atomic E-state index is -0.957. The van der Waals surface area contributed by atoms with Gasteiger partial charge in [-0.3, -0.25) is 4.79 Å². The average Bonchev–Trinajstić information content (AvgIpc) is 3.06. The number of carboxylic acid groups (broad SMARTS) is 1. The third-order valence-corrected chi connectivity index (χ3v) is 3.60. The van der Waals surface area contributed by atoms with Gasteiger partial charge < -0.3 is 20.6 Å². The standard InChI is InChI=1S/C13H21N3O4/c17-11(15-9-5-6-9)4-1-7-14-13(20)16-8-2-3-10(16)12(18)19/h9-10H,1-8H2,(H,14,20)(H,15,17)(H,18,19). The van der Waals surface area contributed by atoms with E-state index in [1.165, 1.54) is 4.90 Å². The van der Waals surface area contributed by atoms with Gasteiger partial charge in [-0.25, -0.2) is 9.59 Å². The van der Waals surface area contributed by atoms with Crippen molar-refractivity contribution < 1.29 is 19.5 Å². The molecule has 3 N–H and O–H groups in total. The lowest BCUT2D eigenvalue weighted by Crippen LogP contribution is -2.46. The molecule has 20 heavy (non-hydrogen) atoms. The number of carboxylic acids is 1. The van der Waals surface area contributed by atoms with Gasteiger partial charge in [0, 0.05) is 25.6 Å². The Morgan fingerprint density at radius 3 is 2.60 bits per heavy atom. The van der Waals surface area contributed by atoms with Crippen LogP contribution in [0.4, 0.5) is 4.79 Å². The van der Waals surface area contributed by atoms with E-state index < -0.39 is 12.0 Å². The van der Waals surface area contributed by atoms with Crippen molar-refractivity contribution in [1.29, 1.82) is 0 Å². The lowest BCUT2D eigenvalue weighted by molar-refractivity contribution is -0.141. The van der Waals surface area contributed by atoms with Gasteiger partial charge in [0.15, 0.2) is 0 Å². The molecule has 3 amide bonds. The third kappa shape index (κ3) is 4.11. The SMILES string of the molecule is O=C(CCCNC(=O)N1CCCC1C(=O)O)NC1CC1. The number of hydrogen-bond donors (Lipinski definition) is 3. The van der Waals surface area contributed by atoms with Crippen molar-refractivity contribution in [2.24, 2.45) is 0 Å². The summed E-state index contributed by atoms with van der Waals surface area (Å²) in [5.41, 5.74) is 0. The second-order valence-corrected chi connectivity index (χ2v) is 5.37. The second kappa shape index (κ2) is 6.58. The number of nitrogens with one attached hydrogen (secondary N) is 2. The molecule has 1 saturated heterocycles. The highest BCUT2D eigenvalue weighted by molar-refractivity contribution is 5.83. The first kappa shape index (κ1) is 14.6. The molecule has 1 heterocycles. The minimum absolute atomic E-state index is 0.0198. The van der Waals surface area contributed by atoms with Gasteiger partial charge in [0.25, 0.3) is 0 Å². The summed E-state index contributed by atoms with van der Waals surface area (Å²) in [6.07, 6.45) is 4.30. The largest absolute Gasteiger partial charge is 0.480 e. The van der Waals surface area contributed by atoms with E-state index in [9.17, 15) is 14.4 Å². The van der Waals surface area contributed by atoms with E-state index >= 15 is 0 Å². The van der Waals surface area contributed by atoms with Gasteiger partial charge in [0.05, 0.1) is 0 Å². The predicted octanol–water partition coefficient (Wildman–Crippen LogP) is 0.304. The summed E-state index contributed by atoms with van der Waals surface area (Å²) in [5, 5.41) is 14.5. The highest BCUT2D eigenvalue weighted by atomic mass is 16.4. The first-order valence-corrected chi connectivity index (χ1v) is 7.14. The quantitative estimate of drug-likeness (QED) is 0.611. The summed E-state index contributed by atoms with van der Waals surface area (Å²) in [7, 11) is 0. The summed E-state index contributed by atoms with van der Waals surface area (Å²) in [5.74, 6) is -0.937. The van der Waals surface area contributed by atoms with E-state index in [1.54, 1.807) is 0 Å². The Bertz CT molecular complexity index is 395. The number of carbonyl (C=O) groups excluding carboxylic acids is 2. The monoisotopic (exact) mass is 283 g/mol. The molecule has 0 aromatic carbocycles. The molecule has 1 atom stereocenters. The Hall–Kier alpha value is -1.79. The van der Waals surface area contributed by atoms with E-state index in [4.69, 9.17) is 5.11 Å². The predicted molar refractivity (Wildman–Crippen MR) is 71.2 cm³/mol. The fourth-order valence-electron chi connectivity index (χ4n) is 2.34. The van der Waals surface area contributed by atoms with E-state index in [0.717, 1.165) is 12.8 Å². The van der Waals surface area contributed by atoms with E-state index in [0.29, 0.717) is 44.8 Å². The van der Waals surface area contributed by atoms with Gasteiger partial charge in [-0.1, -0.05) is 0 Å². The Morgan fingerprint density at radius 2 is 1.95 bits per heavy atom. The Morgan fingerprint density at radius 1 is 1.20 bits per heavy atom. The minimum Gasteiger partial charge on any atom is -0.480 e. The van der Waals surface area contributed by atoms with Gasteiger partial charge in [-0.2, -0.15) is 0 Å². The van der Waals surface area contributed by atoms with Crippen LogP contribution in [0.5, 0.6) is 0 Å². The number of aliphatic carboxylic acids is 1. The number of urea groups is 1. The normalized spacial score (nSPS) is 21.6. The highest BCUT2D eigenvalue weighted by Crippen LogP contribution is 2.19. The van der Waals surface area contributed by atoms with Gasteiger partial charge in [0.1, 0.15) is 6.04 Å². The van der Waals surface area contributed by atoms with Crippen molar-refractivity contribution in [2.45, 2.75) is 50.6 Å². The van der Waals surface area contributed by atoms with Crippen LogP contribution in [0.15, 0.2) is 0 Å². The number of nitrogens with zero attached hydrogens (tertiary/aromatic N) is 1. The van der Waals surface area contributed by atoms with Crippen LogP contribution in [-0.4, -0.2) is 53.1 Å². The van der Waals surface area contributed by atoms with Crippen molar-refractivity contribution in [2.75, 3.05) is 13.1 Å². The second-order valence-electron chi connectivity index (χ2n) is 5.37. The van der Waals surface area contributed by atoms with Gasteiger partial charge in [-0.05, 0) is 32.1 Å². The molecule has 0 spiro atoms. The van der Waals surface area contributed by atoms with E-state index in [-0.39, 0.29) is 11.9 Å². The topological polar surface area (TPSA) is 98.7 Å². The van der Waals surface area contributed by atoms with Crippen LogP contribution < -0.4 is 10.6 Å². The zero-order valence-corrected chi connectivity index (χ0v) is 11.4. The molecule has 1 saturated carbocycles. The number of amides is 3. The number of hydrogen-bond acceptors (Lipinski definition) is 3. The number of likely N-dealkylation sites (tertiary alicyclic amines) is 1. The van der Waals surface area contributed by atoms with Crippen LogP contribution in [0.3, 0.4) is 0 Å². The lowest BCUT2D eigenvalue weighted by Gasteiger charge is -2.21. The Labute approximate surface area is 117 Å². The zero-order valence-electron chi connectivity index (χ0n) is 11.4. The van der Waals surface area contributed by atoms with Crippen LogP contribution in [0.1, 0.15) is 38.5 Å². The first-order chi connectivity index (χ1) is 9.58. The summed E-state index contributed by atoms with van der Waals surface area (Å²) >= 11 is 0. The van der Waals surface area contributed by atoms with Crippen molar-refractivity contribution in [3.05, 3.63) is 0 Å². The molecule has 1 aliphatic carbocycles. The first-order valence-electron chi connectivity index (χ1n) is 7.14. The molecule has 7 heteroatoms. The number of carbonyl (C=O) groups is 3. The van der Waals surface area contributed by atoms with E-state index in [2.05, 4.69) is 10.6 Å². The molecule has 2 aliphatic rings. The van der Waals surface area contributed by atoms with Crippen molar-refractivity contribution >= 4 is 17.9 Å². The maximum absolute atomic E-state index is 11.8. The molecular formula is C13H21N3O4. The number of rotatable bonds is 6. The lowest BCUT2D eigenvalue weighted by atomic mass is 10.2. The fraction of sp³-hybridized carbons (Fsp3) is 0.769. The van der Waals surface area contributed by atoms with Crippen molar-refractivity contribution in [1.82, 2.24) is 15.5 Å². The van der Waals surface area contributed by atoms with Gasteiger partial charge >= 0.3 is 12.0 Å². The van der Waals surface area contributed by atoms with E-state index in [1.807, 2.05) is 0 Å². The fourth-order valence-corrected chi connectivity index (χ4v) is 2.34. The summed E-state index contributed by atoms with van der Waals surface area (Å²) in [6.45, 7) is 0.866. The molecule has 1 unspecified atom stereocenters. The Kier molecular flexibility index (Phi) is 4.81. The van der Waals surface area contributed by atoms with Crippen LogP contribution >= 0.6 is 0 Å². The molecule has 112 valence electrons. The maximum atomic E-state index is 11.8. The highest BCUT2D eigenvalue weighted by Gasteiger charge is 2.33. The van der Waals surface area contributed by atoms with Crippen molar-refractivity contribution in [3.8, 4) is 0 Å². The zero-order chi connectivity index (χ0) is 14.5. The smallest absolute Gasteiger partial charge is 0.326 e.